The molecule has 0 spiro atoms. The number of rotatable bonds is 8. The third-order valence-corrected chi connectivity index (χ3v) is 5.65. The van der Waals surface area contributed by atoms with Crippen LogP contribution < -0.4 is 9.64 Å². The number of aryl methyl sites for hydroxylation is 1. The molecule has 10 heteroatoms. The zero-order chi connectivity index (χ0) is 25.1. The number of hydrogen-bond acceptors (Lipinski definition) is 6. The minimum absolute atomic E-state index is 0.166. The maximum absolute atomic E-state index is 13.2. The van der Waals surface area contributed by atoms with E-state index in [0.29, 0.717) is 24.6 Å². The maximum atomic E-state index is 13.2. The van der Waals surface area contributed by atoms with Gasteiger partial charge in [0.15, 0.2) is 11.5 Å². The van der Waals surface area contributed by atoms with Gasteiger partial charge >= 0.3 is 6.01 Å². The third kappa shape index (κ3) is 5.27. The molecule has 0 unspecified atom stereocenters. The van der Waals surface area contributed by atoms with Crippen molar-refractivity contribution < 1.29 is 18.7 Å². The molecule has 2 aromatic heterocycles. The average Bonchev–Trinajstić information content (AvgIpc) is 3.42. The summed E-state index contributed by atoms with van der Waals surface area (Å²) < 4.78 is 14.3. The number of halogens is 1. The van der Waals surface area contributed by atoms with Crippen LogP contribution in [-0.2, 0) is 11.3 Å². The Morgan fingerprint density at radius 1 is 1.14 bits per heavy atom. The Labute approximate surface area is 211 Å². The Hall–Kier alpha value is -3.92. The Morgan fingerprint density at radius 2 is 1.91 bits per heavy atom. The number of anilines is 1. The predicted octanol–water partition coefficient (Wildman–Crippen LogP) is 4.74. The molecule has 2 amide bonds. The van der Waals surface area contributed by atoms with Crippen molar-refractivity contribution in [2.75, 3.05) is 26.0 Å². The highest BCUT2D eigenvalue weighted by molar-refractivity contribution is 9.10. The molecule has 0 aliphatic carbocycles. The first-order chi connectivity index (χ1) is 16.8. The van der Waals surface area contributed by atoms with Crippen LogP contribution in [0.15, 0.2) is 63.7 Å². The van der Waals surface area contributed by atoms with Crippen molar-refractivity contribution in [3.63, 3.8) is 0 Å². The monoisotopic (exact) mass is 537 g/mol. The topological polar surface area (TPSA) is 93.7 Å². The van der Waals surface area contributed by atoms with E-state index in [1.807, 2.05) is 43.3 Å². The molecule has 0 fully saturated rings. The average molecular weight is 538 g/mol. The Morgan fingerprint density at radius 3 is 2.57 bits per heavy atom. The summed E-state index contributed by atoms with van der Waals surface area (Å²) in [6, 6.07) is 15.1. The number of ether oxygens (including phenoxy) is 1. The summed E-state index contributed by atoms with van der Waals surface area (Å²) in [5, 5.41) is 0. The van der Waals surface area contributed by atoms with Crippen LogP contribution in [0.3, 0.4) is 0 Å². The van der Waals surface area contributed by atoms with Crippen molar-refractivity contribution in [1.29, 1.82) is 0 Å². The van der Waals surface area contributed by atoms with E-state index in [9.17, 15) is 9.59 Å². The minimum Gasteiger partial charge on any atom is -0.444 e. The quantitative estimate of drug-likeness (QED) is 0.301. The Bertz CT molecular complexity index is 1380. The summed E-state index contributed by atoms with van der Waals surface area (Å²) in [5.41, 5.74) is 2.65. The molecule has 0 saturated heterocycles. The zero-order valence-electron chi connectivity index (χ0n) is 19.7. The SMILES string of the molecule is Cc1coc(-c2cccc(Oc3nc(N(C)C=O)c(C(=O)N(C)C)n3Cc3cccc(Br)c3)c2)n1. The van der Waals surface area contributed by atoms with Gasteiger partial charge in [-0.2, -0.15) is 4.98 Å². The van der Waals surface area contributed by atoms with Crippen molar-refractivity contribution in [1.82, 2.24) is 19.4 Å². The van der Waals surface area contributed by atoms with Gasteiger partial charge in [-0.25, -0.2) is 4.98 Å². The minimum atomic E-state index is -0.310. The lowest BCUT2D eigenvalue weighted by Crippen LogP contribution is -2.28. The Balaban J connectivity index is 1.82. The van der Waals surface area contributed by atoms with Crippen LogP contribution in [-0.4, -0.2) is 52.9 Å². The predicted molar refractivity (Wildman–Crippen MR) is 135 cm³/mol. The van der Waals surface area contributed by atoms with Gasteiger partial charge < -0.3 is 19.0 Å². The normalized spacial score (nSPS) is 10.8. The fourth-order valence-corrected chi connectivity index (χ4v) is 3.91. The summed E-state index contributed by atoms with van der Waals surface area (Å²) in [6.07, 6.45) is 2.18. The number of carbonyl (C=O) groups is 2. The van der Waals surface area contributed by atoms with E-state index in [2.05, 4.69) is 25.9 Å². The van der Waals surface area contributed by atoms with Gasteiger partial charge in [-0.1, -0.05) is 34.1 Å². The number of aromatic nitrogens is 3. The molecule has 0 aliphatic rings. The molecule has 0 bridgehead atoms. The molecular weight excluding hydrogens is 514 g/mol. The fraction of sp³-hybridized carbons (Fsp3) is 0.200. The van der Waals surface area contributed by atoms with Crippen LogP contribution in [0.4, 0.5) is 5.82 Å². The van der Waals surface area contributed by atoms with Crippen LogP contribution in [0.5, 0.6) is 11.8 Å². The lowest BCUT2D eigenvalue weighted by Gasteiger charge is -2.17. The first-order valence-electron chi connectivity index (χ1n) is 10.7. The van der Waals surface area contributed by atoms with Gasteiger partial charge in [0.25, 0.3) is 5.91 Å². The highest BCUT2D eigenvalue weighted by Gasteiger charge is 2.28. The highest BCUT2D eigenvalue weighted by atomic mass is 79.9. The summed E-state index contributed by atoms with van der Waals surface area (Å²) in [5.74, 6) is 0.830. The zero-order valence-corrected chi connectivity index (χ0v) is 21.3. The smallest absolute Gasteiger partial charge is 0.304 e. The number of benzene rings is 2. The molecule has 35 heavy (non-hydrogen) atoms. The molecule has 0 saturated carbocycles. The number of carbonyl (C=O) groups excluding carboxylic acids is 2. The van der Waals surface area contributed by atoms with Gasteiger partial charge in [0.2, 0.25) is 12.3 Å². The fourth-order valence-electron chi connectivity index (χ4n) is 3.47. The second-order valence-corrected chi connectivity index (χ2v) is 9.04. The molecule has 4 aromatic rings. The summed E-state index contributed by atoms with van der Waals surface area (Å²) >= 11 is 3.49. The highest BCUT2D eigenvalue weighted by Crippen LogP contribution is 2.32. The summed E-state index contributed by atoms with van der Waals surface area (Å²) in [6.45, 7) is 2.14. The Kier molecular flexibility index (Phi) is 7.02. The van der Waals surface area contributed by atoms with Gasteiger partial charge in [0, 0.05) is 31.2 Å². The van der Waals surface area contributed by atoms with E-state index in [1.54, 1.807) is 44.1 Å². The van der Waals surface area contributed by atoms with Crippen molar-refractivity contribution in [3.05, 3.63) is 76.2 Å². The number of imidazole rings is 1. The van der Waals surface area contributed by atoms with E-state index in [4.69, 9.17) is 9.15 Å². The van der Waals surface area contributed by atoms with Gasteiger partial charge in [-0.05, 0) is 42.8 Å². The molecule has 0 radical (unpaired) electrons. The molecule has 2 heterocycles. The van der Waals surface area contributed by atoms with Crippen molar-refractivity contribution >= 4 is 34.1 Å². The summed E-state index contributed by atoms with van der Waals surface area (Å²) in [7, 11) is 4.83. The van der Waals surface area contributed by atoms with Crippen LogP contribution in [0.1, 0.15) is 21.7 Å². The van der Waals surface area contributed by atoms with Crippen LogP contribution in [0.2, 0.25) is 0 Å². The van der Waals surface area contributed by atoms with Crippen LogP contribution in [0, 0.1) is 6.92 Å². The molecule has 0 atom stereocenters. The number of nitrogens with zero attached hydrogens (tertiary/aromatic N) is 5. The summed E-state index contributed by atoms with van der Waals surface area (Å²) in [4.78, 5) is 36.4. The lowest BCUT2D eigenvalue weighted by molar-refractivity contribution is -0.107. The lowest BCUT2D eigenvalue weighted by atomic mass is 10.2. The first kappa shape index (κ1) is 24.2. The number of oxazole rings is 1. The van der Waals surface area contributed by atoms with Crippen molar-refractivity contribution in [2.24, 2.45) is 0 Å². The standard InChI is InChI=1S/C25H24BrN5O4/c1-16-14-34-23(27-16)18-8-6-10-20(12-18)35-25-28-22(30(4)15-32)21(24(33)29(2)3)31(25)13-17-7-5-9-19(26)11-17/h5-12,14-15H,13H2,1-4H3. The van der Waals surface area contributed by atoms with E-state index in [1.165, 1.54) is 9.80 Å². The molecule has 9 nitrogen and oxygen atoms in total. The number of amides is 2. The van der Waals surface area contributed by atoms with Crippen molar-refractivity contribution in [3.8, 4) is 23.2 Å². The second kappa shape index (κ2) is 10.1. The second-order valence-electron chi connectivity index (χ2n) is 8.12. The van der Waals surface area contributed by atoms with Gasteiger partial charge in [0.05, 0.1) is 12.2 Å². The van der Waals surface area contributed by atoms with Gasteiger partial charge in [-0.3, -0.25) is 14.2 Å². The molecule has 2 aromatic carbocycles. The van der Waals surface area contributed by atoms with Crippen LogP contribution in [0.25, 0.3) is 11.5 Å². The number of hydrogen-bond donors (Lipinski definition) is 0. The van der Waals surface area contributed by atoms with E-state index in [-0.39, 0.29) is 23.4 Å². The van der Waals surface area contributed by atoms with Gasteiger partial charge in [0.1, 0.15) is 12.0 Å². The molecule has 0 aliphatic heterocycles. The molecule has 4 rings (SSSR count). The van der Waals surface area contributed by atoms with Crippen LogP contribution >= 0.6 is 15.9 Å². The van der Waals surface area contributed by atoms with Gasteiger partial charge in [-0.15, -0.1) is 0 Å². The largest absolute Gasteiger partial charge is 0.444 e. The molecule has 0 N–H and O–H groups in total. The van der Waals surface area contributed by atoms with E-state index < -0.39 is 0 Å². The maximum Gasteiger partial charge on any atom is 0.304 e. The van der Waals surface area contributed by atoms with Crippen molar-refractivity contribution in [2.45, 2.75) is 13.5 Å². The molecular formula is C25H24BrN5O4. The van der Waals surface area contributed by atoms with E-state index in [0.717, 1.165) is 21.3 Å². The molecule has 180 valence electrons. The van der Waals surface area contributed by atoms with E-state index >= 15 is 0 Å². The first-order valence-corrected chi connectivity index (χ1v) is 11.5. The third-order valence-electron chi connectivity index (χ3n) is 5.15.